The smallest absolute Gasteiger partial charge is 0.319 e. The van der Waals surface area contributed by atoms with Gasteiger partial charge < -0.3 is 4.74 Å². The van der Waals surface area contributed by atoms with Crippen LogP contribution in [0.3, 0.4) is 0 Å². The topological polar surface area (TPSA) is 29.5 Å². The molecule has 4 heteroatoms. The van der Waals surface area contributed by atoms with Crippen molar-refractivity contribution in [3.63, 3.8) is 0 Å². The maximum absolute atomic E-state index is 11.6. The molecule has 0 fully saturated rings. The summed E-state index contributed by atoms with van der Waals surface area (Å²) in [6, 6.07) is 20.7. The van der Waals surface area contributed by atoms with Gasteiger partial charge in [-0.1, -0.05) is 76.6 Å². The van der Waals surface area contributed by atoms with Crippen LogP contribution in [0.25, 0.3) is 0 Å². The van der Waals surface area contributed by atoms with Crippen LogP contribution in [0, 0.1) is 0 Å². The highest BCUT2D eigenvalue weighted by Gasteiger charge is 2.12. The van der Waals surface area contributed by atoms with Gasteiger partial charge in [-0.05, 0) is 18.1 Å². The number of benzene rings is 2. The van der Waals surface area contributed by atoms with E-state index in [9.17, 15) is 4.79 Å². The molecule has 23 heavy (non-hydrogen) atoms. The Morgan fingerprint density at radius 3 is 1.91 bits per heavy atom. The van der Waals surface area contributed by atoms with Gasteiger partial charge in [-0.3, -0.25) is 9.69 Å². The number of esters is 1. The Bertz CT molecular complexity index is 545. The number of ether oxygens (including phenoxy) is 1. The maximum Gasteiger partial charge on any atom is 0.319 e. The lowest BCUT2D eigenvalue weighted by Crippen LogP contribution is -2.28. The van der Waals surface area contributed by atoms with Crippen LogP contribution in [0.5, 0.6) is 0 Å². The highest BCUT2D eigenvalue weighted by atomic mass is 79.9. The largest absolute Gasteiger partial charge is 0.463 e. The number of carbonyl (C=O) groups excluding carboxylic acids is 1. The Morgan fingerprint density at radius 1 is 1.00 bits per heavy atom. The van der Waals surface area contributed by atoms with Crippen molar-refractivity contribution in [1.29, 1.82) is 0 Å². The molecule has 0 heterocycles. The minimum absolute atomic E-state index is 0.218. The lowest BCUT2D eigenvalue weighted by atomic mass is 10.1. The highest BCUT2D eigenvalue weighted by molar-refractivity contribution is 9.10. The van der Waals surface area contributed by atoms with E-state index >= 15 is 0 Å². The van der Waals surface area contributed by atoms with Gasteiger partial charge in [0.25, 0.3) is 0 Å². The van der Waals surface area contributed by atoms with Crippen LogP contribution in [-0.4, -0.2) is 28.8 Å². The fourth-order valence-corrected chi connectivity index (χ4v) is 2.42. The zero-order valence-corrected chi connectivity index (χ0v) is 14.9. The van der Waals surface area contributed by atoms with E-state index in [1.807, 2.05) is 36.4 Å². The van der Waals surface area contributed by atoms with Crippen molar-refractivity contribution in [2.24, 2.45) is 0 Å². The van der Waals surface area contributed by atoms with E-state index in [1.165, 1.54) is 11.1 Å². The fraction of sp³-hybridized carbons (Fsp3) is 0.316. The number of hydrogen-bond donors (Lipinski definition) is 0. The van der Waals surface area contributed by atoms with Gasteiger partial charge in [-0.25, -0.2) is 0 Å². The molecule has 2 aromatic rings. The monoisotopic (exact) mass is 375 g/mol. The number of halogens is 1. The third-order valence-electron chi connectivity index (χ3n) is 3.47. The molecule has 0 saturated heterocycles. The van der Waals surface area contributed by atoms with E-state index in [0.29, 0.717) is 13.2 Å². The molecule has 0 aliphatic rings. The zero-order valence-electron chi connectivity index (χ0n) is 13.3. The summed E-state index contributed by atoms with van der Waals surface area (Å²) in [6.07, 6.45) is 0. The van der Waals surface area contributed by atoms with Crippen molar-refractivity contribution in [2.45, 2.75) is 24.8 Å². The van der Waals surface area contributed by atoms with Crippen LogP contribution < -0.4 is 0 Å². The van der Waals surface area contributed by atoms with E-state index in [-0.39, 0.29) is 10.8 Å². The molecule has 122 valence electrons. The van der Waals surface area contributed by atoms with Gasteiger partial charge in [0.1, 0.15) is 11.4 Å². The first-order chi connectivity index (χ1) is 11.1. The number of carbonyl (C=O) groups is 1. The second kappa shape index (κ2) is 9.48. The Kier molecular flexibility index (Phi) is 7.30. The summed E-state index contributed by atoms with van der Waals surface area (Å²) in [6.45, 7) is 4.53. The zero-order chi connectivity index (χ0) is 16.5. The van der Waals surface area contributed by atoms with E-state index in [2.05, 4.69) is 45.1 Å². The molecular weight excluding hydrogens is 354 g/mol. The number of nitrogens with zero attached hydrogens (tertiary/aromatic N) is 1. The molecule has 0 aliphatic heterocycles. The second-order valence-corrected chi connectivity index (χ2v) is 6.84. The van der Waals surface area contributed by atoms with Gasteiger partial charge in [0.15, 0.2) is 0 Å². The molecule has 0 radical (unpaired) electrons. The summed E-state index contributed by atoms with van der Waals surface area (Å²) in [5.74, 6) is -0.218. The molecule has 3 nitrogen and oxygen atoms in total. The summed E-state index contributed by atoms with van der Waals surface area (Å²) in [4.78, 5) is 13.6. The molecule has 0 aliphatic carbocycles. The molecule has 1 unspecified atom stereocenters. The molecular formula is C19H22BrNO2. The number of hydrogen-bond acceptors (Lipinski definition) is 3. The predicted octanol–water partition coefficient (Wildman–Crippen LogP) is 4.02. The SMILES string of the molecule is CC(Br)C(=O)OCCN(Cc1ccccc1)Cc1ccccc1. The summed E-state index contributed by atoms with van der Waals surface area (Å²) in [5, 5.41) is 0. The van der Waals surface area contributed by atoms with Gasteiger partial charge in [0.05, 0.1) is 0 Å². The molecule has 0 N–H and O–H groups in total. The first-order valence-electron chi connectivity index (χ1n) is 7.76. The van der Waals surface area contributed by atoms with Gasteiger partial charge >= 0.3 is 5.97 Å². The lowest BCUT2D eigenvalue weighted by Gasteiger charge is -2.22. The predicted molar refractivity (Wildman–Crippen MR) is 96.3 cm³/mol. The molecule has 0 amide bonds. The molecule has 2 rings (SSSR count). The molecule has 0 spiro atoms. The summed E-state index contributed by atoms with van der Waals surface area (Å²) in [5.41, 5.74) is 2.51. The minimum Gasteiger partial charge on any atom is -0.463 e. The first kappa shape index (κ1) is 17.7. The quantitative estimate of drug-likeness (QED) is 0.515. The van der Waals surface area contributed by atoms with Crippen molar-refractivity contribution >= 4 is 21.9 Å². The third kappa shape index (κ3) is 6.55. The molecule has 2 aromatic carbocycles. The van der Waals surface area contributed by atoms with Crippen molar-refractivity contribution < 1.29 is 9.53 Å². The molecule has 0 saturated carbocycles. The van der Waals surface area contributed by atoms with E-state index in [4.69, 9.17) is 4.74 Å². The second-order valence-electron chi connectivity index (χ2n) is 5.47. The summed E-state index contributed by atoms with van der Waals surface area (Å²) >= 11 is 3.23. The fourth-order valence-electron chi connectivity index (χ4n) is 2.29. The van der Waals surface area contributed by atoms with Gasteiger partial charge in [-0.2, -0.15) is 0 Å². The first-order valence-corrected chi connectivity index (χ1v) is 8.67. The Labute approximate surface area is 146 Å². The van der Waals surface area contributed by atoms with E-state index < -0.39 is 0 Å². The van der Waals surface area contributed by atoms with E-state index in [0.717, 1.165) is 13.1 Å². The third-order valence-corrected chi connectivity index (χ3v) is 3.85. The van der Waals surface area contributed by atoms with Crippen molar-refractivity contribution in [3.05, 3.63) is 71.8 Å². The minimum atomic E-state index is -0.265. The van der Waals surface area contributed by atoms with Crippen LogP contribution in [0.15, 0.2) is 60.7 Å². The lowest BCUT2D eigenvalue weighted by molar-refractivity contribution is -0.142. The Hall–Kier alpha value is -1.65. The molecule has 0 bridgehead atoms. The van der Waals surface area contributed by atoms with Crippen LogP contribution in [0.1, 0.15) is 18.1 Å². The van der Waals surface area contributed by atoms with Crippen molar-refractivity contribution in [1.82, 2.24) is 4.90 Å². The molecule has 1 atom stereocenters. The normalized spacial score (nSPS) is 12.1. The standard InChI is InChI=1S/C19H22BrNO2/c1-16(20)19(22)23-13-12-21(14-17-8-4-2-5-9-17)15-18-10-6-3-7-11-18/h2-11,16H,12-15H2,1H3. The van der Waals surface area contributed by atoms with Gasteiger partial charge in [0, 0.05) is 19.6 Å². The van der Waals surface area contributed by atoms with Gasteiger partial charge in [-0.15, -0.1) is 0 Å². The van der Waals surface area contributed by atoms with Gasteiger partial charge in [0.2, 0.25) is 0 Å². The number of rotatable bonds is 8. The van der Waals surface area contributed by atoms with Crippen LogP contribution >= 0.6 is 15.9 Å². The summed E-state index contributed by atoms with van der Waals surface area (Å²) in [7, 11) is 0. The average molecular weight is 376 g/mol. The molecule has 0 aromatic heterocycles. The van der Waals surface area contributed by atoms with Crippen LogP contribution in [-0.2, 0) is 22.6 Å². The Morgan fingerprint density at radius 2 is 1.48 bits per heavy atom. The average Bonchev–Trinajstić information content (AvgIpc) is 2.56. The van der Waals surface area contributed by atoms with Crippen LogP contribution in [0.4, 0.5) is 0 Å². The number of alkyl halides is 1. The van der Waals surface area contributed by atoms with Crippen molar-refractivity contribution in [3.8, 4) is 0 Å². The van der Waals surface area contributed by atoms with Crippen LogP contribution in [0.2, 0.25) is 0 Å². The van der Waals surface area contributed by atoms with Crippen molar-refractivity contribution in [2.75, 3.05) is 13.2 Å². The summed E-state index contributed by atoms with van der Waals surface area (Å²) < 4.78 is 5.28. The highest BCUT2D eigenvalue weighted by Crippen LogP contribution is 2.10. The Balaban J connectivity index is 1.95. The van der Waals surface area contributed by atoms with E-state index in [1.54, 1.807) is 6.92 Å². The maximum atomic E-state index is 11.6.